The highest BCUT2D eigenvalue weighted by Crippen LogP contribution is 2.30. The molecule has 6 nitrogen and oxygen atoms in total. The molecule has 1 fully saturated rings. The van der Waals surface area contributed by atoms with Crippen LogP contribution in [0.4, 0.5) is 0 Å². The van der Waals surface area contributed by atoms with Crippen LogP contribution in [-0.4, -0.2) is 41.7 Å². The molecule has 1 saturated heterocycles. The molecular formula is C15H20N2O4. The van der Waals surface area contributed by atoms with Gasteiger partial charge in [-0.2, -0.15) is 0 Å². The molecule has 1 amide bonds. The smallest absolute Gasteiger partial charge is 0.311 e. The summed E-state index contributed by atoms with van der Waals surface area (Å²) in [6.07, 6.45) is 5.22. The number of carbonyl (C=O) groups is 2. The molecule has 1 aromatic heterocycles. The Morgan fingerprint density at radius 1 is 1.38 bits per heavy atom. The molecule has 2 heterocycles. The fourth-order valence-corrected chi connectivity index (χ4v) is 2.39. The first-order chi connectivity index (χ1) is 10.1. The third-order valence-corrected chi connectivity index (χ3v) is 3.89. The summed E-state index contributed by atoms with van der Waals surface area (Å²) in [6.45, 7) is 1.02. The van der Waals surface area contributed by atoms with E-state index in [2.05, 4.69) is 10.3 Å². The summed E-state index contributed by atoms with van der Waals surface area (Å²) in [4.78, 5) is 27.3. The van der Waals surface area contributed by atoms with Crippen molar-refractivity contribution in [2.24, 2.45) is 5.41 Å². The molecule has 0 radical (unpaired) electrons. The summed E-state index contributed by atoms with van der Waals surface area (Å²) in [5, 5.41) is 12.1. The van der Waals surface area contributed by atoms with Crippen molar-refractivity contribution in [2.75, 3.05) is 19.8 Å². The largest absolute Gasteiger partial charge is 0.481 e. The minimum absolute atomic E-state index is 0.133. The Bertz CT molecular complexity index is 484. The van der Waals surface area contributed by atoms with Crippen molar-refractivity contribution in [1.82, 2.24) is 10.3 Å². The summed E-state index contributed by atoms with van der Waals surface area (Å²) in [5.41, 5.74) is 0.106. The molecule has 1 aliphatic heterocycles. The normalized spacial score (nSPS) is 17.1. The molecular weight excluding hydrogens is 272 g/mol. The second kappa shape index (κ2) is 7.17. The Kier molecular flexibility index (Phi) is 5.27. The van der Waals surface area contributed by atoms with Gasteiger partial charge in [-0.1, -0.05) is 6.07 Å². The molecule has 0 spiro atoms. The van der Waals surface area contributed by atoms with Gasteiger partial charge in [-0.3, -0.25) is 14.6 Å². The highest BCUT2D eigenvalue weighted by atomic mass is 16.5. The molecule has 2 N–H and O–H groups in total. The number of aromatic nitrogens is 1. The van der Waals surface area contributed by atoms with Crippen LogP contribution in [0.3, 0.4) is 0 Å². The number of ether oxygens (including phenoxy) is 1. The average Bonchev–Trinajstić information content (AvgIpc) is 2.52. The second-order valence-electron chi connectivity index (χ2n) is 5.34. The Balaban J connectivity index is 1.80. The van der Waals surface area contributed by atoms with Crippen molar-refractivity contribution in [2.45, 2.75) is 25.7 Å². The van der Waals surface area contributed by atoms with Gasteiger partial charge in [0.25, 0.3) is 0 Å². The highest BCUT2D eigenvalue weighted by molar-refractivity contribution is 5.79. The molecule has 0 aromatic carbocycles. The second-order valence-corrected chi connectivity index (χ2v) is 5.34. The fourth-order valence-electron chi connectivity index (χ4n) is 2.39. The Morgan fingerprint density at radius 2 is 2.14 bits per heavy atom. The lowest BCUT2D eigenvalue weighted by Crippen LogP contribution is -2.46. The zero-order chi connectivity index (χ0) is 15.1. The van der Waals surface area contributed by atoms with Gasteiger partial charge in [-0.15, -0.1) is 0 Å². The summed E-state index contributed by atoms with van der Waals surface area (Å²) in [5.74, 6) is -0.996. The molecule has 0 atom stereocenters. The van der Waals surface area contributed by atoms with Gasteiger partial charge in [0.15, 0.2) is 0 Å². The monoisotopic (exact) mass is 292 g/mol. The topological polar surface area (TPSA) is 88.5 Å². The average molecular weight is 292 g/mol. The van der Waals surface area contributed by atoms with E-state index < -0.39 is 11.4 Å². The number of carboxylic acids is 1. The van der Waals surface area contributed by atoms with Gasteiger partial charge in [-0.05, 0) is 30.9 Å². The van der Waals surface area contributed by atoms with E-state index in [1.807, 2.05) is 12.1 Å². The van der Waals surface area contributed by atoms with Crippen LogP contribution in [0.1, 0.15) is 24.8 Å². The Labute approximate surface area is 123 Å². The van der Waals surface area contributed by atoms with Crippen molar-refractivity contribution in [1.29, 1.82) is 0 Å². The van der Waals surface area contributed by atoms with Crippen LogP contribution in [0.5, 0.6) is 0 Å². The first-order valence-electron chi connectivity index (χ1n) is 7.09. The van der Waals surface area contributed by atoms with Crippen LogP contribution < -0.4 is 5.32 Å². The van der Waals surface area contributed by atoms with Crippen LogP contribution in [0.2, 0.25) is 0 Å². The number of carbonyl (C=O) groups excluding carboxylic acids is 1. The van der Waals surface area contributed by atoms with Crippen molar-refractivity contribution in [3.8, 4) is 0 Å². The van der Waals surface area contributed by atoms with Crippen LogP contribution in [0.25, 0.3) is 0 Å². The van der Waals surface area contributed by atoms with E-state index in [0.29, 0.717) is 38.9 Å². The molecule has 1 aromatic rings. The standard InChI is InChI=1S/C15H20N2O4/c18-13(4-3-12-2-1-7-16-10-12)17-11-15(14(19)20)5-8-21-9-6-15/h1-2,7,10H,3-6,8-9,11H2,(H,17,18)(H,19,20). The van der Waals surface area contributed by atoms with Gasteiger partial charge in [0.2, 0.25) is 5.91 Å². The van der Waals surface area contributed by atoms with Gasteiger partial charge in [0, 0.05) is 38.6 Å². The molecule has 0 saturated carbocycles. The van der Waals surface area contributed by atoms with Gasteiger partial charge < -0.3 is 15.2 Å². The first kappa shape index (κ1) is 15.4. The predicted molar refractivity (Wildman–Crippen MR) is 75.7 cm³/mol. The number of pyridine rings is 1. The van der Waals surface area contributed by atoms with Crippen molar-refractivity contribution >= 4 is 11.9 Å². The quantitative estimate of drug-likeness (QED) is 0.817. The maximum Gasteiger partial charge on any atom is 0.311 e. The minimum atomic E-state index is -0.887. The molecule has 114 valence electrons. The van der Waals surface area contributed by atoms with Gasteiger partial charge in [0.05, 0.1) is 5.41 Å². The maximum absolute atomic E-state index is 11.9. The molecule has 0 aliphatic carbocycles. The lowest BCUT2D eigenvalue weighted by molar-refractivity contribution is -0.154. The number of rotatable bonds is 6. The number of hydrogen-bond donors (Lipinski definition) is 2. The number of nitrogens with zero attached hydrogens (tertiary/aromatic N) is 1. The number of hydrogen-bond acceptors (Lipinski definition) is 4. The lowest BCUT2D eigenvalue weighted by atomic mass is 9.80. The highest BCUT2D eigenvalue weighted by Gasteiger charge is 2.40. The summed E-state index contributed by atoms with van der Waals surface area (Å²) in [6, 6.07) is 3.74. The predicted octanol–water partition coefficient (Wildman–Crippen LogP) is 1.01. The first-order valence-corrected chi connectivity index (χ1v) is 7.09. The minimum Gasteiger partial charge on any atom is -0.481 e. The Hall–Kier alpha value is -1.95. The fraction of sp³-hybridized carbons (Fsp3) is 0.533. The van der Waals surface area contributed by atoms with E-state index in [4.69, 9.17) is 4.74 Å². The van der Waals surface area contributed by atoms with Crippen molar-refractivity contribution in [3.05, 3.63) is 30.1 Å². The van der Waals surface area contributed by atoms with Crippen LogP contribution in [0.15, 0.2) is 24.5 Å². The van der Waals surface area contributed by atoms with E-state index >= 15 is 0 Å². The SMILES string of the molecule is O=C(CCc1cccnc1)NCC1(C(=O)O)CCOCC1. The molecule has 1 aliphatic rings. The van der Waals surface area contributed by atoms with Crippen molar-refractivity contribution in [3.63, 3.8) is 0 Å². The van der Waals surface area contributed by atoms with Crippen LogP contribution >= 0.6 is 0 Å². The van der Waals surface area contributed by atoms with E-state index in [1.165, 1.54) is 0 Å². The zero-order valence-electron chi connectivity index (χ0n) is 11.9. The Morgan fingerprint density at radius 3 is 2.76 bits per heavy atom. The molecule has 0 bridgehead atoms. The number of aryl methyl sites for hydroxylation is 1. The lowest BCUT2D eigenvalue weighted by Gasteiger charge is -2.33. The van der Waals surface area contributed by atoms with E-state index in [1.54, 1.807) is 12.4 Å². The molecule has 0 unspecified atom stereocenters. The summed E-state index contributed by atoms with van der Waals surface area (Å²) in [7, 11) is 0. The molecule has 6 heteroatoms. The van der Waals surface area contributed by atoms with E-state index in [0.717, 1.165) is 5.56 Å². The van der Waals surface area contributed by atoms with E-state index in [-0.39, 0.29) is 12.5 Å². The molecule has 2 rings (SSSR count). The number of nitrogens with one attached hydrogen (secondary N) is 1. The van der Waals surface area contributed by atoms with Gasteiger partial charge >= 0.3 is 5.97 Å². The summed E-state index contributed by atoms with van der Waals surface area (Å²) < 4.78 is 5.20. The maximum atomic E-state index is 11.9. The van der Waals surface area contributed by atoms with Crippen LogP contribution in [0, 0.1) is 5.41 Å². The van der Waals surface area contributed by atoms with Crippen molar-refractivity contribution < 1.29 is 19.4 Å². The summed E-state index contributed by atoms with van der Waals surface area (Å²) >= 11 is 0. The zero-order valence-corrected chi connectivity index (χ0v) is 11.9. The third kappa shape index (κ3) is 4.26. The molecule has 21 heavy (non-hydrogen) atoms. The third-order valence-electron chi connectivity index (χ3n) is 3.89. The number of aliphatic carboxylic acids is 1. The van der Waals surface area contributed by atoms with Gasteiger partial charge in [0.1, 0.15) is 0 Å². The van der Waals surface area contributed by atoms with Gasteiger partial charge in [-0.25, -0.2) is 0 Å². The number of carboxylic acid groups (broad SMARTS) is 1. The van der Waals surface area contributed by atoms with E-state index in [9.17, 15) is 14.7 Å². The van der Waals surface area contributed by atoms with Crippen LogP contribution in [-0.2, 0) is 20.7 Å². The number of amides is 1.